The van der Waals surface area contributed by atoms with Crippen molar-refractivity contribution >= 4 is 5.97 Å². The number of unbranched alkanes of at least 4 members (excludes halogenated alkanes) is 1. The average molecular weight is 298 g/mol. The summed E-state index contributed by atoms with van der Waals surface area (Å²) >= 11 is 0. The minimum Gasteiger partial charge on any atom is -0.493 e. The Morgan fingerprint density at radius 2 is 1.81 bits per heavy atom. The third-order valence-electron chi connectivity index (χ3n) is 2.71. The summed E-state index contributed by atoms with van der Waals surface area (Å²) in [5, 5.41) is 0. The van der Waals surface area contributed by atoms with Gasteiger partial charge in [0.1, 0.15) is 6.61 Å². The molecule has 6 nitrogen and oxygen atoms in total. The first kappa shape index (κ1) is 17.3. The second-order valence-corrected chi connectivity index (χ2v) is 4.23. The van der Waals surface area contributed by atoms with Gasteiger partial charge in [-0.25, -0.2) is 4.79 Å². The van der Waals surface area contributed by atoms with Crippen molar-refractivity contribution in [1.82, 2.24) is 0 Å². The molecule has 0 aliphatic carbocycles. The van der Waals surface area contributed by atoms with E-state index in [0.29, 0.717) is 30.3 Å². The minimum absolute atomic E-state index is 0.197. The zero-order chi connectivity index (χ0) is 15.5. The Bertz CT molecular complexity index is 432. The summed E-state index contributed by atoms with van der Waals surface area (Å²) < 4.78 is 15.5. The number of rotatable bonds is 10. The Morgan fingerprint density at radius 1 is 1.05 bits per heavy atom. The topological polar surface area (TPSA) is 63.2 Å². The average Bonchev–Trinajstić information content (AvgIpc) is 2.53. The zero-order valence-corrected chi connectivity index (χ0v) is 12.7. The summed E-state index contributed by atoms with van der Waals surface area (Å²) in [6.45, 7) is 3.36. The summed E-state index contributed by atoms with van der Waals surface area (Å²) in [7, 11) is 3.02. The first-order valence-electron chi connectivity index (χ1n) is 6.86. The van der Waals surface area contributed by atoms with Crippen LogP contribution in [0.2, 0.25) is 0 Å². The maximum absolute atomic E-state index is 11.8. The molecule has 0 saturated carbocycles. The standard InChI is InChI=1S/C15H22O6/c1-4-5-8-19-9-10-20-21-15(16)12-6-7-13(17-2)14(11-12)18-3/h6-7,11H,4-5,8-10H2,1-3H3. The minimum atomic E-state index is -0.593. The van der Waals surface area contributed by atoms with Crippen LogP contribution in [0.1, 0.15) is 30.1 Å². The Labute approximate surface area is 124 Å². The molecule has 0 aliphatic heterocycles. The van der Waals surface area contributed by atoms with E-state index >= 15 is 0 Å². The van der Waals surface area contributed by atoms with Crippen molar-refractivity contribution in [1.29, 1.82) is 0 Å². The Kier molecular flexibility index (Phi) is 8.23. The fourth-order valence-corrected chi connectivity index (χ4v) is 1.55. The molecule has 6 heteroatoms. The molecule has 0 aliphatic rings. The summed E-state index contributed by atoms with van der Waals surface area (Å²) in [4.78, 5) is 21.3. The molecular weight excluding hydrogens is 276 g/mol. The second kappa shape index (κ2) is 10.0. The number of carbonyl (C=O) groups is 1. The molecule has 21 heavy (non-hydrogen) atoms. The lowest BCUT2D eigenvalue weighted by Gasteiger charge is -2.09. The van der Waals surface area contributed by atoms with Gasteiger partial charge in [-0.2, -0.15) is 4.89 Å². The molecule has 0 aromatic heterocycles. The van der Waals surface area contributed by atoms with Crippen LogP contribution < -0.4 is 9.47 Å². The third kappa shape index (κ3) is 6.01. The number of hydrogen-bond donors (Lipinski definition) is 0. The number of ether oxygens (including phenoxy) is 3. The predicted octanol–water partition coefficient (Wildman–Crippen LogP) is 2.61. The van der Waals surface area contributed by atoms with Crippen LogP contribution >= 0.6 is 0 Å². The first-order valence-corrected chi connectivity index (χ1v) is 6.86. The molecule has 0 atom stereocenters. The van der Waals surface area contributed by atoms with E-state index in [-0.39, 0.29) is 6.61 Å². The highest BCUT2D eigenvalue weighted by Crippen LogP contribution is 2.27. The van der Waals surface area contributed by atoms with Crippen molar-refractivity contribution < 1.29 is 28.8 Å². The molecule has 1 aromatic rings. The molecular formula is C15H22O6. The van der Waals surface area contributed by atoms with Crippen LogP contribution in [0.5, 0.6) is 11.5 Å². The van der Waals surface area contributed by atoms with Crippen molar-refractivity contribution in [2.75, 3.05) is 34.0 Å². The fourth-order valence-electron chi connectivity index (χ4n) is 1.55. The third-order valence-corrected chi connectivity index (χ3v) is 2.71. The largest absolute Gasteiger partial charge is 0.493 e. The van der Waals surface area contributed by atoms with Gasteiger partial charge in [0.15, 0.2) is 11.5 Å². The van der Waals surface area contributed by atoms with Gasteiger partial charge in [-0.15, -0.1) is 0 Å². The van der Waals surface area contributed by atoms with Crippen molar-refractivity contribution in [2.45, 2.75) is 19.8 Å². The number of methoxy groups -OCH3 is 2. The van der Waals surface area contributed by atoms with Gasteiger partial charge in [-0.1, -0.05) is 13.3 Å². The second-order valence-electron chi connectivity index (χ2n) is 4.23. The van der Waals surface area contributed by atoms with Gasteiger partial charge in [0.25, 0.3) is 0 Å². The van der Waals surface area contributed by atoms with Gasteiger partial charge in [0, 0.05) is 6.61 Å². The van der Waals surface area contributed by atoms with E-state index in [0.717, 1.165) is 12.8 Å². The normalized spacial score (nSPS) is 10.2. The number of hydrogen-bond acceptors (Lipinski definition) is 6. The van der Waals surface area contributed by atoms with E-state index in [1.807, 2.05) is 0 Å². The van der Waals surface area contributed by atoms with Crippen molar-refractivity contribution in [3.8, 4) is 11.5 Å². The van der Waals surface area contributed by atoms with E-state index in [2.05, 4.69) is 6.92 Å². The highest BCUT2D eigenvalue weighted by molar-refractivity contribution is 5.89. The molecule has 0 bridgehead atoms. The number of benzene rings is 1. The maximum atomic E-state index is 11.8. The van der Waals surface area contributed by atoms with Gasteiger partial charge >= 0.3 is 5.97 Å². The molecule has 0 radical (unpaired) electrons. The highest BCUT2D eigenvalue weighted by atomic mass is 17.2. The lowest BCUT2D eigenvalue weighted by molar-refractivity contribution is -0.247. The molecule has 0 amide bonds. The molecule has 1 rings (SSSR count). The Balaban J connectivity index is 2.35. The SMILES string of the molecule is CCCCOCCOOC(=O)c1ccc(OC)c(OC)c1. The fraction of sp³-hybridized carbons (Fsp3) is 0.533. The lowest BCUT2D eigenvalue weighted by atomic mass is 10.2. The summed E-state index contributed by atoms with van der Waals surface area (Å²) in [6.07, 6.45) is 2.08. The Hall–Kier alpha value is -1.79. The van der Waals surface area contributed by atoms with Gasteiger partial charge in [0.05, 0.1) is 26.4 Å². The summed E-state index contributed by atoms with van der Waals surface area (Å²) in [5.41, 5.74) is 0.319. The molecule has 0 N–H and O–H groups in total. The number of carbonyl (C=O) groups excluding carboxylic acids is 1. The van der Waals surface area contributed by atoms with Crippen LogP contribution in [0.15, 0.2) is 18.2 Å². The van der Waals surface area contributed by atoms with Crippen LogP contribution in [0, 0.1) is 0 Å². The van der Waals surface area contributed by atoms with Crippen LogP contribution in [0.3, 0.4) is 0 Å². The summed E-state index contributed by atoms with van der Waals surface area (Å²) in [5.74, 6) is 0.402. The molecule has 1 aromatic carbocycles. The van der Waals surface area contributed by atoms with Crippen LogP contribution in [-0.2, 0) is 14.5 Å². The summed E-state index contributed by atoms with van der Waals surface area (Å²) in [6, 6.07) is 4.73. The van der Waals surface area contributed by atoms with E-state index in [9.17, 15) is 4.79 Å². The molecule has 118 valence electrons. The predicted molar refractivity (Wildman–Crippen MR) is 76.6 cm³/mol. The van der Waals surface area contributed by atoms with Gasteiger partial charge < -0.3 is 14.2 Å². The van der Waals surface area contributed by atoms with Crippen molar-refractivity contribution in [2.24, 2.45) is 0 Å². The Morgan fingerprint density at radius 3 is 2.48 bits per heavy atom. The van der Waals surface area contributed by atoms with E-state index in [1.54, 1.807) is 12.1 Å². The molecule has 0 unspecified atom stereocenters. The smallest absolute Gasteiger partial charge is 0.373 e. The van der Waals surface area contributed by atoms with Crippen LogP contribution in [0.4, 0.5) is 0 Å². The molecule has 0 heterocycles. The van der Waals surface area contributed by atoms with Crippen molar-refractivity contribution in [3.63, 3.8) is 0 Å². The highest BCUT2D eigenvalue weighted by Gasteiger charge is 2.12. The van der Waals surface area contributed by atoms with Gasteiger partial charge in [-0.3, -0.25) is 4.89 Å². The van der Waals surface area contributed by atoms with Crippen LogP contribution in [-0.4, -0.2) is 40.0 Å². The molecule has 0 spiro atoms. The van der Waals surface area contributed by atoms with Gasteiger partial charge in [0.2, 0.25) is 0 Å². The van der Waals surface area contributed by atoms with Crippen molar-refractivity contribution in [3.05, 3.63) is 23.8 Å². The van der Waals surface area contributed by atoms with E-state index in [1.165, 1.54) is 20.3 Å². The van der Waals surface area contributed by atoms with E-state index in [4.69, 9.17) is 24.0 Å². The first-order chi connectivity index (χ1) is 10.2. The quantitative estimate of drug-likeness (QED) is 0.376. The lowest BCUT2D eigenvalue weighted by Crippen LogP contribution is -2.11. The zero-order valence-electron chi connectivity index (χ0n) is 12.7. The van der Waals surface area contributed by atoms with E-state index < -0.39 is 5.97 Å². The molecule has 0 fully saturated rings. The van der Waals surface area contributed by atoms with Crippen LogP contribution in [0.25, 0.3) is 0 Å². The van der Waals surface area contributed by atoms with Gasteiger partial charge in [-0.05, 0) is 24.6 Å². The monoisotopic (exact) mass is 298 g/mol. The maximum Gasteiger partial charge on any atom is 0.373 e. The molecule has 0 saturated heterocycles.